The molecule has 1 amide bonds. The van der Waals surface area contributed by atoms with E-state index < -0.39 is 19.3 Å². The number of amides is 1. The molecule has 0 aliphatic heterocycles. The standard InChI is InChI=1S/C9H9BrClNO/c1-2-12-9(13)6-4-3-5-7(11)8(6)10/h3-5H,2H2,1H3,(H,12,13)/i1D3,2D2. The van der Waals surface area contributed by atoms with Gasteiger partial charge in [-0.25, -0.2) is 0 Å². The summed E-state index contributed by atoms with van der Waals surface area (Å²) in [7, 11) is 0. The van der Waals surface area contributed by atoms with Gasteiger partial charge in [-0.05, 0) is 34.9 Å². The Morgan fingerprint density at radius 2 is 2.62 bits per heavy atom. The highest BCUT2D eigenvalue weighted by Crippen LogP contribution is 2.25. The monoisotopic (exact) mass is 266 g/mol. The lowest BCUT2D eigenvalue weighted by atomic mass is 10.2. The summed E-state index contributed by atoms with van der Waals surface area (Å²) in [5.41, 5.74) is 0.0654. The largest absolute Gasteiger partial charge is 0.352 e. The summed E-state index contributed by atoms with van der Waals surface area (Å²) in [5.74, 6) is -0.856. The Bertz CT molecular complexity index is 477. The molecule has 70 valence electrons. The Morgan fingerprint density at radius 1 is 1.85 bits per heavy atom. The third-order valence-corrected chi connectivity index (χ3v) is 2.77. The van der Waals surface area contributed by atoms with Crippen LogP contribution < -0.4 is 5.32 Å². The van der Waals surface area contributed by atoms with Crippen molar-refractivity contribution in [3.8, 4) is 0 Å². The van der Waals surface area contributed by atoms with Crippen LogP contribution in [-0.4, -0.2) is 12.4 Å². The van der Waals surface area contributed by atoms with Crippen LogP contribution in [0.15, 0.2) is 22.7 Å². The maximum Gasteiger partial charge on any atom is 0.252 e. The SMILES string of the molecule is [2H]C([2H])([2H])C([2H])([2H])NC(=O)c1cccc(Cl)c1Br. The molecule has 0 aliphatic carbocycles. The van der Waals surface area contributed by atoms with Gasteiger partial charge in [0.1, 0.15) is 0 Å². The van der Waals surface area contributed by atoms with Gasteiger partial charge in [0.05, 0.1) is 10.6 Å². The highest BCUT2D eigenvalue weighted by atomic mass is 79.9. The molecule has 0 fully saturated rings. The lowest BCUT2D eigenvalue weighted by Crippen LogP contribution is -2.22. The third-order valence-electron chi connectivity index (χ3n) is 1.37. The molecule has 1 rings (SSSR count). The van der Waals surface area contributed by atoms with Crippen molar-refractivity contribution in [3.63, 3.8) is 0 Å². The van der Waals surface area contributed by atoms with Gasteiger partial charge < -0.3 is 5.32 Å². The molecule has 0 spiro atoms. The van der Waals surface area contributed by atoms with Crippen molar-refractivity contribution >= 4 is 33.4 Å². The van der Waals surface area contributed by atoms with Crippen LogP contribution in [0.4, 0.5) is 0 Å². The molecule has 0 bridgehead atoms. The first-order valence-electron chi connectivity index (χ1n) is 5.83. The van der Waals surface area contributed by atoms with E-state index in [1.165, 1.54) is 12.1 Å². The number of nitrogens with one attached hydrogen (secondary N) is 1. The summed E-state index contributed by atoms with van der Waals surface area (Å²) in [5, 5.41) is 2.10. The summed E-state index contributed by atoms with van der Waals surface area (Å²) in [4.78, 5) is 11.8. The van der Waals surface area contributed by atoms with E-state index in [1.54, 1.807) is 6.07 Å². The van der Waals surface area contributed by atoms with Crippen LogP contribution in [0, 0.1) is 0 Å². The first-order valence-corrected chi connectivity index (χ1v) is 4.50. The number of benzene rings is 1. The van der Waals surface area contributed by atoms with E-state index in [0.29, 0.717) is 0 Å². The van der Waals surface area contributed by atoms with Crippen LogP contribution in [0.25, 0.3) is 0 Å². The minimum absolute atomic E-state index is 0.0654. The van der Waals surface area contributed by atoms with E-state index in [4.69, 9.17) is 18.5 Å². The average Bonchev–Trinajstić information content (AvgIpc) is 2.19. The molecule has 0 radical (unpaired) electrons. The van der Waals surface area contributed by atoms with Crippen molar-refractivity contribution in [2.45, 2.75) is 6.85 Å². The molecule has 0 saturated carbocycles. The molecule has 0 saturated heterocycles. The Balaban J connectivity index is 3.00. The summed E-state index contributed by atoms with van der Waals surface area (Å²) >= 11 is 8.87. The van der Waals surface area contributed by atoms with Crippen molar-refractivity contribution in [1.82, 2.24) is 5.32 Å². The van der Waals surface area contributed by atoms with E-state index in [1.807, 2.05) is 5.32 Å². The zero-order valence-electron chi connectivity index (χ0n) is 11.4. The molecule has 0 aromatic heterocycles. The number of halogens is 2. The van der Waals surface area contributed by atoms with Gasteiger partial charge in [-0.1, -0.05) is 17.7 Å². The highest BCUT2D eigenvalue weighted by molar-refractivity contribution is 9.10. The maximum atomic E-state index is 11.8. The van der Waals surface area contributed by atoms with Gasteiger partial charge in [-0.3, -0.25) is 4.79 Å². The lowest BCUT2D eigenvalue weighted by molar-refractivity contribution is 0.0955. The van der Waals surface area contributed by atoms with Crippen molar-refractivity contribution in [3.05, 3.63) is 33.3 Å². The Labute approximate surface area is 97.4 Å². The van der Waals surface area contributed by atoms with Crippen LogP contribution >= 0.6 is 27.5 Å². The van der Waals surface area contributed by atoms with E-state index in [9.17, 15) is 4.79 Å². The van der Waals surface area contributed by atoms with Crippen molar-refractivity contribution in [2.24, 2.45) is 0 Å². The minimum atomic E-state index is -2.95. The van der Waals surface area contributed by atoms with Crippen LogP contribution in [0.2, 0.25) is 5.02 Å². The molecule has 0 atom stereocenters. The van der Waals surface area contributed by atoms with Crippen LogP contribution in [-0.2, 0) is 0 Å². The minimum Gasteiger partial charge on any atom is -0.352 e. The molecule has 13 heavy (non-hydrogen) atoms. The van der Waals surface area contributed by atoms with Gasteiger partial charge in [0, 0.05) is 17.8 Å². The molecule has 1 N–H and O–H groups in total. The molecular formula is C9H9BrClNO. The zero-order chi connectivity index (χ0) is 14.1. The van der Waals surface area contributed by atoms with Gasteiger partial charge in [0.25, 0.3) is 5.91 Å². The molecule has 0 unspecified atom stereocenters. The normalized spacial score (nSPS) is 17.5. The number of rotatable bonds is 2. The first-order chi connectivity index (χ1) is 8.06. The van der Waals surface area contributed by atoms with Crippen LogP contribution in [0.5, 0.6) is 0 Å². The van der Waals surface area contributed by atoms with Crippen molar-refractivity contribution in [2.75, 3.05) is 6.50 Å². The maximum absolute atomic E-state index is 11.8. The smallest absolute Gasteiger partial charge is 0.252 e. The van der Waals surface area contributed by atoms with Crippen LogP contribution in [0.3, 0.4) is 0 Å². The van der Waals surface area contributed by atoms with Gasteiger partial charge in [0.15, 0.2) is 0 Å². The lowest BCUT2D eigenvalue weighted by Gasteiger charge is -2.05. The summed E-state index contributed by atoms with van der Waals surface area (Å²) < 4.78 is 35.9. The Kier molecular flexibility index (Phi) is 1.91. The second-order valence-corrected chi connectivity index (χ2v) is 3.38. The number of hydrogen-bond donors (Lipinski definition) is 1. The van der Waals surface area contributed by atoms with Crippen molar-refractivity contribution in [1.29, 1.82) is 0 Å². The van der Waals surface area contributed by atoms with Gasteiger partial charge in [0.2, 0.25) is 0 Å². The molecule has 0 aliphatic rings. The summed E-state index contributed by atoms with van der Waals surface area (Å²) in [6, 6.07) is 4.45. The third kappa shape index (κ3) is 2.45. The zero-order valence-corrected chi connectivity index (χ0v) is 8.74. The van der Waals surface area contributed by atoms with Crippen LogP contribution in [0.1, 0.15) is 24.1 Å². The number of hydrogen-bond acceptors (Lipinski definition) is 1. The molecule has 0 heterocycles. The Morgan fingerprint density at radius 3 is 3.31 bits per heavy atom. The van der Waals surface area contributed by atoms with E-state index in [-0.39, 0.29) is 15.1 Å². The highest BCUT2D eigenvalue weighted by Gasteiger charge is 2.10. The average molecular weight is 268 g/mol. The fraction of sp³-hybridized carbons (Fsp3) is 0.222. The van der Waals surface area contributed by atoms with E-state index in [2.05, 4.69) is 15.9 Å². The molecule has 2 nitrogen and oxygen atoms in total. The predicted octanol–water partition coefficient (Wildman–Crippen LogP) is 2.85. The summed E-state index contributed by atoms with van der Waals surface area (Å²) in [6.07, 6.45) is 0. The second-order valence-electron chi connectivity index (χ2n) is 2.18. The topological polar surface area (TPSA) is 29.1 Å². The predicted molar refractivity (Wildman–Crippen MR) is 57.2 cm³/mol. The van der Waals surface area contributed by atoms with E-state index in [0.717, 1.165) is 0 Å². The summed E-state index contributed by atoms with van der Waals surface area (Å²) in [6.45, 7) is -5.76. The Hall–Kier alpha value is -0.540. The fourth-order valence-electron chi connectivity index (χ4n) is 0.803. The molecule has 1 aromatic carbocycles. The van der Waals surface area contributed by atoms with Gasteiger partial charge in [-0.2, -0.15) is 0 Å². The van der Waals surface area contributed by atoms with E-state index >= 15 is 0 Å². The second kappa shape index (κ2) is 4.63. The van der Waals surface area contributed by atoms with Gasteiger partial charge in [-0.15, -0.1) is 0 Å². The van der Waals surface area contributed by atoms with Crippen molar-refractivity contribution < 1.29 is 11.6 Å². The fourth-order valence-corrected chi connectivity index (χ4v) is 1.42. The molecule has 4 heteroatoms. The first kappa shape index (κ1) is 5.37. The quantitative estimate of drug-likeness (QED) is 0.877. The number of carbonyl (C=O) groups is 1. The molecule has 1 aromatic rings. The van der Waals surface area contributed by atoms with Gasteiger partial charge >= 0.3 is 0 Å². The molecular weight excluding hydrogens is 253 g/mol. The number of carbonyl (C=O) groups excluding carboxylic acids is 1.